The molecule has 0 aromatic heterocycles. The first-order chi connectivity index (χ1) is 12.7. The summed E-state index contributed by atoms with van der Waals surface area (Å²) < 4.78 is 38.1. The second-order valence-corrected chi connectivity index (χ2v) is 6.94. The normalized spacial score (nSPS) is 10.7. The van der Waals surface area contributed by atoms with Crippen molar-refractivity contribution in [1.29, 1.82) is 0 Å². The van der Waals surface area contributed by atoms with Crippen molar-refractivity contribution in [2.24, 2.45) is 0 Å². The Hall–Kier alpha value is -2.41. The van der Waals surface area contributed by atoms with Gasteiger partial charge in [0.05, 0.1) is 13.2 Å². The fourth-order valence-corrected chi connectivity index (χ4v) is 2.67. The maximum atomic E-state index is 12.8. The summed E-state index contributed by atoms with van der Waals surface area (Å²) in [5, 5.41) is 0. The zero-order valence-corrected chi connectivity index (χ0v) is 16.2. The molecule has 9 heteroatoms. The summed E-state index contributed by atoms with van der Waals surface area (Å²) in [4.78, 5) is 22.6. The van der Waals surface area contributed by atoms with E-state index in [0.717, 1.165) is 0 Å². The molecule has 0 amide bonds. The fraction of sp³-hybridized carbons (Fsp3) is 0.333. The molecule has 0 fully saturated rings. The van der Waals surface area contributed by atoms with Crippen LogP contribution in [-0.2, 0) is 32.7 Å². The standard InChI is InChI=1S/C18H23O8P/c1-14(2)17(19)22-10-12-24-27(21,26-16-8-6-5-7-9-16)25-13-11-23-18(20)15(3)4/h5-9H,1,3,10-13H2,2,4H3. The average Bonchev–Trinajstić information content (AvgIpc) is 2.62. The van der Waals surface area contributed by atoms with Gasteiger partial charge < -0.3 is 14.0 Å². The van der Waals surface area contributed by atoms with Gasteiger partial charge in [0.15, 0.2) is 0 Å². The van der Waals surface area contributed by atoms with Crippen LogP contribution < -0.4 is 4.52 Å². The molecule has 0 bridgehead atoms. The molecule has 0 aliphatic heterocycles. The van der Waals surface area contributed by atoms with Crippen LogP contribution in [-0.4, -0.2) is 38.4 Å². The topological polar surface area (TPSA) is 97.4 Å². The molecule has 8 nitrogen and oxygen atoms in total. The zero-order valence-electron chi connectivity index (χ0n) is 15.3. The summed E-state index contributed by atoms with van der Waals surface area (Å²) in [7, 11) is -4.04. The van der Waals surface area contributed by atoms with Crippen LogP contribution in [0.3, 0.4) is 0 Å². The number of hydrogen-bond acceptors (Lipinski definition) is 8. The highest BCUT2D eigenvalue weighted by molar-refractivity contribution is 7.48. The Morgan fingerprint density at radius 2 is 1.30 bits per heavy atom. The van der Waals surface area contributed by atoms with Gasteiger partial charge in [-0.3, -0.25) is 9.05 Å². The van der Waals surface area contributed by atoms with Gasteiger partial charge in [-0.25, -0.2) is 14.2 Å². The molecule has 0 saturated heterocycles. The lowest BCUT2D eigenvalue weighted by Gasteiger charge is -2.18. The van der Waals surface area contributed by atoms with Gasteiger partial charge in [0.2, 0.25) is 0 Å². The van der Waals surface area contributed by atoms with Crippen LogP contribution in [0.1, 0.15) is 13.8 Å². The predicted molar refractivity (Wildman–Crippen MR) is 98.1 cm³/mol. The van der Waals surface area contributed by atoms with E-state index in [4.69, 9.17) is 23.0 Å². The monoisotopic (exact) mass is 398 g/mol. The van der Waals surface area contributed by atoms with Crippen molar-refractivity contribution in [2.75, 3.05) is 26.4 Å². The van der Waals surface area contributed by atoms with E-state index in [1.807, 2.05) is 0 Å². The number of benzene rings is 1. The Bertz CT molecular complexity index is 675. The van der Waals surface area contributed by atoms with Crippen molar-refractivity contribution >= 4 is 19.8 Å². The summed E-state index contributed by atoms with van der Waals surface area (Å²) in [5.41, 5.74) is 0.462. The van der Waals surface area contributed by atoms with Crippen LogP contribution in [0, 0.1) is 0 Å². The lowest BCUT2D eigenvalue weighted by molar-refractivity contribution is -0.140. The second-order valence-electron chi connectivity index (χ2n) is 5.35. The van der Waals surface area contributed by atoms with Crippen molar-refractivity contribution in [3.05, 3.63) is 54.6 Å². The number of ether oxygens (including phenoxy) is 2. The summed E-state index contributed by atoms with van der Waals surface area (Å²) in [6.07, 6.45) is 0. The van der Waals surface area contributed by atoms with Crippen molar-refractivity contribution in [2.45, 2.75) is 13.8 Å². The Kier molecular flexibility index (Phi) is 9.50. The molecule has 0 aliphatic rings. The number of carbonyl (C=O) groups is 2. The number of phosphoric acid groups is 1. The molecule has 27 heavy (non-hydrogen) atoms. The SMILES string of the molecule is C=C(C)C(=O)OCCOP(=O)(OCCOC(=O)C(=C)C)Oc1ccccc1. The maximum Gasteiger partial charge on any atom is 0.530 e. The summed E-state index contributed by atoms with van der Waals surface area (Å²) in [6.45, 7) is 9.11. The molecule has 1 rings (SSSR count). The van der Waals surface area contributed by atoms with Crippen molar-refractivity contribution in [3.8, 4) is 5.75 Å². The minimum absolute atomic E-state index is 0.165. The summed E-state index contributed by atoms with van der Waals surface area (Å²) >= 11 is 0. The molecule has 0 heterocycles. The van der Waals surface area contributed by atoms with E-state index < -0.39 is 19.8 Å². The van der Waals surface area contributed by atoms with E-state index in [0.29, 0.717) is 0 Å². The number of rotatable bonds is 12. The van der Waals surface area contributed by atoms with Crippen LogP contribution in [0.15, 0.2) is 54.6 Å². The maximum absolute atomic E-state index is 12.8. The van der Waals surface area contributed by atoms with Crippen LogP contribution in [0.2, 0.25) is 0 Å². The van der Waals surface area contributed by atoms with E-state index in [2.05, 4.69) is 13.2 Å². The Morgan fingerprint density at radius 3 is 1.70 bits per heavy atom. The molecule has 1 aromatic carbocycles. The number of hydrogen-bond donors (Lipinski definition) is 0. The lowest BCUT2D eigenvalue weighted by atomic mass is 10.3. The molecule has 0 N–H and O–H groups in total. The van der Waals surface area contributed by atoms with E-state index >= 15 is 0 Å². The summed E-state index contributed by atoms with van der Waals surface area (Å²) in [6, 6.07) is 8.27. The molecule has 0 aliphatic carbocycles. The molecule has 1 aromatic rings. The molecule has 0 radical (unpaired) electrons. The van der Waals surface area contributed by atoms with Gasteiger partial charge in [-0.15, -0.1) is 0 Å². The quantitative estimate of drug-likeness (QED) is 0.229. The van der Waals surface area contributed by atoms with Crippen molar-refractivity contribution in [1.82, 2.24) is 0 Å². The molecular weight excluding hydrogens is 375 g/mol. The van der Waals surface area contributed by atoms with Crippen molar-refractivity contribution in [3.63, 3.8) is 0 Å². The number of para-hydroxylation sites is 1. The van der Waals surface area contributed by atoms with Crippen LogP contribution in [0.4, 0.5) is 0 Å². The minimum Gasteiger partial charge on any atom is -0.460 e. The third-order valence-electron chi connectivity index (χ3n) is 2.79. The molecule has 0 spiro atoms. The number of phosphoric ester groups is 1. The minimum atomic E-state index is -4.04. The third-order valence-corrected chi connectivity index (χ3v) is 4.22. The highest BCUT2D eigenvalue weighted by Gasteiger charge is 2.29. The Morgan fingerprint density at radius 1 is 0.852 bits per heavy atom. The van der Waals surface area contributed by atoms with E-state index in [-0.39, 0.29) is 43.3 Å². The molecule has 0 atom stereocenters. The Labute approximate surface area is 158 Å². The number of carbonyl (C=O) groups excluding carboxylic acids is 2. The molecule has 148 valence electrons. The van der Waals surface area contributed by atoms with Crippen LogP contribution in [0.5, 0.6) is 5.75 Å². The zero-order chi connectivity index (χ0) is 20.3. The summed E-state index contributed by atoms with van der Waals surface area (Å²) in [5.74, 6) is -0.922. The van der Waals surface area contributed by atoms with Gasteiger partial charge in [0, 0.05) is 11.1 Å². The third kappa shape index (κ3) is 9.19. The van der Waals surface area contributed by atoms with E-state index in [1.54, 1.807) is 30.3 Å². The number of esters is 2. The van der Waals surface area contributed by atoms with Crippen LogP contribution >= 0.6 is 7.82 Å². The van der Waals surface area contributed by atoms with Gasteiger partial charge in [-0.05, 0) is 26.0 Å². The predicted octanol–water partition coefficient (Wildman–Crippen LogP) is 3.45. The molecule has 0 unspecified atom stereocenters. The molecule has 0 saturated carbocycles. The average molecular weight is 398 g/mol. The first-order valence-corrected chi connectivity index (χ1v) is 9.48. The van der Waals surface area contributed by atoms with Gasteiger partial charge >= 0.3 is 19.8 Å². The first kappa shape index (κ1) is 22.6. The van der Waals surface area contributed by atoms with Gasteiger partial charge in [0.25, 0.3) is 0 Å². The van der Waals surface area contributed by atoms with E-state index in [1.165, 1.54) is 13.8 Å². The lowest BCUT2D eigenvalue weighted by Crippen LogP contribution is -2.14. The van der Waals surface area contributed by atoms with Gasteiger partial charge in [0.1, 0.15) is 19.0 Å². The van der Waals surface area contributed by atoms with Crippen molar-refractivity contribution < 1.29 is 37.2 Å². The fourth-order valence-electron chi connectivity index (χ4n) is 1.51. The Balaban J connectivity index is 2.59. The first-order valence-electron chi connectivity index (χ1n) is 8.02. The highest BCUT2D eigenvalue weighted by Crippen LogP contribution is 2.49. The van der Waals surface area contributed by atoms with E-state index in [9.17, 15) is 14.2 Å². The second kappa shape index (κ2) is 11.3. The van der Waals surface area contributed by atoms with Gasteiger partial charge in [-0.2, -0.15) is 0 Å². The largest absolute Gasteiger partial charge is 0.530 e. The molecular formula is C18H23O8P. The van der Waals surface area contributed by atoms with Crippen LogP contribution in [0.25, 0.3) is 0 Å². The van der Waals surface area contributed by atoms with Gasteiger partial charge in [-0.1, -0.05) is 31.4 Å². The smallest absolute Gasteiger partial charge is 0.460 e. The highest BCUT2D eigenvalue weighted by atomic mass is 31.2.